The number of hydrogen-bond acceptors (Lipinski definition) is 5. The van der Waals surface area contributed by atoms with Crippen LogP contribution in [0.3, 0.4) is 0 Å². The molecule has 0 unspecified atom stereocenters. The number of fused-ring (bicyclic) bond motifs is 1. The van der Waals surface area contributed by atoms with E-state index in [2.05, 4.69) is 15.6 Å². The number of carbonyl (C=O) groups is 1. The number of hydrogen-bond donors (Lipinski definition) is 2. The van der Waals surface area contributed by atoms with Crippen LogP contribution in [-0.2, 0) is 4.79 Å². The molecule has 1 amide bonds. The number of oxazole rings is 1. The Labute approximate surface area is 204 Å². The number of thiocarbonyl (C=S) groups is 1. The highest BCUT2D eigenvalue weighted by molar-refractivity contribution is 7.80. The summed E-state index contributed by atoms with van der Waals surface area (Å²) in [4.78, 5) is 17.5. The Balaban J connectivity index is 1.11. The number of methoxy groups -OCH3 is 1. The molecule has 7 heteroatoms. The molecule has 4 bridgehead atoms. The minimum Gasteiger partial charge on any atom is -0.497 e. The zero-order chi connectivity index (χ0) is 23.3. The van der Waals surface area contributed by atoms with Crippen LogP contribution in [0.15, 0.2) is 46.9 Å². The summed E-state index contributed by atoms with van der Waals surface area (Å²) < 4.78 is 11.2. The summed E-state index contributed by atoms with van der Waals surface area (Å²) in [7, 11) is 1.63. The van der Waals surface area contributed by atoms with Gasteiger partial charge in [-0.05, 0) is 104 Å². The summed E-state index contributed by atoms with van der Waals surface area (Å²) in [6.45, 7) is 0. The van der Waals surface area contributed by atoms with Gasteiger partial charge in [-0.1, -0.05) is 6.07 Å². The van der Waals surface area contributed by atoms with Gasteiger partial charge in [0.15, 0.2) is 10.7 Å². The molecule has 176 valence electrons. The maximum Gasteiger partial charge on any atom is 0.227 e. The Hall–Kier alpha value is -2.93. The summed E-state index contributed by atoms with van der Waals surface area (Å²) in [5.41, 5.74) is 3.23. The molecule has 4 aliphatic carbocycles. The van der Waals surface area contributed by atoms with Crippen LogP contribution in [0.5, 0.6) is 5.75 Å². The lowest BCUT2D eigenvalue weighted by Gasteiger charge is -2.56. The van der Waals surface area contributed by atoms with Crippen molar-refractivity contribution in [3.05, 3.63) is 42.5 Å². The van der Waals surface area contributed by atoms with Crippen molar-refractivity contribution >= 4 is 40.0 Å². The Morgan fingerprint density at radius 3 is 2.56 bits per heavy atom. The third kappa shape index (κ3) is 4.17. The molecule has 2 N–H and O–H groups in total. The lowest BCUT2D eigenvalue weighted by molar-refractivity contribution is -0.127. The monoisotopic (exact) mass is 475 g/mol. The molecular weight excluding hydrogens is 446 g/mol. The summed E-state index contributed by atoms with van der Waals surface area (Å²) in [6.07, 6.45) is 8.37. The van der Waals surface area contributed by atoms with Gasteiger partial charge in [0.25, 0.3) is 0 Å². The molecule has 0 spiro atoms. The highest BCUT2D eigenvalue weighted by atomic mass is 32.1. The number of amides is 1. The number of ether oxygens (including phenoxy) is 1. The van der Waals surface area contributed by atoms with Gasteiger partial charge in [0.1, 0.15) is 11.3 Å². The molecule has 3 aromatic rings. The van der Waals surface area contributed by atoms with E-state index in [0.29, 0.717) is 23.0 Å². The highest BCUT2D eigenvalue weighted by Gasteiger charge is 2.51. The zero-order valence-corrected chi connectivity index (χ0v) is 20.1. The molecule has 0 aliphatic heterocycles. The first kappa shape index (κ1) is 21.6. The van der Waals surface area contributed by atoms with E-state index < -0.39 is 0 Å². The maximum atomic E-state index is 12.9. The fourth-order valence-corrected chi connectivity index (χ4v) is 7.30. The van der Waals surface area contributed by atoms with Gasteiger partial charge in [0.2, 0.25) is 11.8 Å². The summed E-state index contributed by atoms with van der Waals surface area (Å²) in [5, 5.41) is 6.41. The molecule has 0 atom stereocenters. The first-order chi connectivity index (χ1) is 16.5. The molecule has 2 aromatic carbocycles. The predicted octanol–water partition coefficient (Wildman–Crippen LogP) is 5.92. The van der Waals surface area contributed by atoms with Gasteiger partial charge in [0, 0.05) is 23.7 Å². The SMILES string of the molecule is COc1ccc2oc(-c3cccc(NC(=S)NC(=O)CC45CC6CC(CC(C6)C4)C5)c3)nc2c1. The topological polar surface area (TPSA) is 76.4 Å². The Morgan fingerprint density at radius 1 is 1.12 bits per heavy atom. The van der Waals surface area contributed by atoms with Crippen molar-refractivity contribution < 1.29 is 13.9 Å². The van der Waals surface area contributed by atoms with E-state index in [1.54, 1.807) is 7.11 Å². The van der Waals surface area contributed by atoms with Crippen LogP contribution < -0.4 is 15.4 Å². The van der Waals surface area contributed by atoms with E-state index in [0.717, 1.165) is 40.3 Å². The average Bonchev–Trinajstić information content (AvgIpc) is 3.21. The Kier molecular flexibility index (Phi) is 5.32. The van der Waals surface area contributed by atoms with Gasteiger partial charge in [-0.25, -0.2) is 4.98 Å². The van der Waals surface area contributed by atoms with E-state index >= 15 is 0 Å². The van der Waals surface area contributed by atoms with Gasteiger partial charge in [-0.15, -0.1) is 0 Å². The highest BCUT2D eigenvalue weighted by Crippen LogP contribution is 2.61. The van der Waals surface area contributed by atoms with E-state index in [4.69, 9.17) is 21.4 Å². The molecule has 7 rings (SSSR count). The minimum absolute atomic E-state index is 0.0310. The Bertz CT molecular complexity index is 1230. The molecule has 0 radical (unpaired) electrons. The third-order valence-electron chi connectivity index (χ3n) is 7.92. The summed E-state index contributed by atoms with van der Waals surface area (Å²) in [5.74, 6) is 3.78. The second-order valence-corrected chi connectivity index (χ2v) is 10.9. The number of anilines is 1. The standard InChI is InChI=1S/C27H29N3O3S/c1-32-21-5-6-23-22(11-21)29-25(33-23)19-3-2-4-20(10-19)28-26(34)30-24(31)15-27-12-16-7-17(13-27)9-18(8-16)14-27/h2-6,10-11,16-18H,7-9,12-15H2,1H3,(H2,28,30,31,34). The number of aromatic nitrogens is 1. The van der Waals surface area contributed by atoms with Crippen molar-refractivity contribution in [3.8, 4) is 17.2 Å². The normalized spacial score (nSPS) is 27.0. The number of nitrogens with one attached hydrogen (secondary N) is 2. The van der Waals surface area contributed by atoms with E-state index in [-0.39, 0.29) is 11.3 Å². The van der Waals surface area contributed by atoms with Crippen LogP contribution in [-0.4, -0.2) is 23.1 Å². The quantitative estimate of drug-likeness (QED) is 0.446. The lowest BCUT2D eigenvalue weighted by atomic mass is 9.49. The fourth-order valence-electron chi connectivity index (χ4n) is 7.07. The number of nitrogens with zero attached hydrogens (tertiary/aromatic N) is 1. The zero-order valence-electron chi connectivity index (χ0n) is 19.3. The Morgan fingerprint density at radius 2 is 1.85 bits per heavy atom. The van der Waals surface area contributed by atoms with Gasteiger partial charge >= 0.3 is 0 Å². The molecule has 0 saturated heterocycles. The smallest absolute Gasteiger partial charge is 0.227 e. The van der Waals surface area contributed by atoms with Crippen molar-refractivity contribution in [2.45, 2.75) is 44.9 Å². The molecule has 4 fully saturated rings. The first-order valence-corrected chi connectivity index (χ1v) is 12.5. The van der Waals surface area contributed by atoms with Crippen molar-refractivity contribution in [2.24, 2.45) is 23.2 Å². The summed E-state index contributed by atoms with van der Waals surface area (Å²) in [6, 6.07) is 13.2. The fraction of sp³-hybridized carbons (Fsp3) is 0.444. The van der Waals surface area contributed by atoms with Crippen molar-refractivity contribution in [1.29, 1.82) is 0 Å². The maximum absolute atomic E-state index is 12.9. The predicted molar refractivity (Wildman–Crippen MR) is 136 cm³/mol. The van der Waals surface area contributed by atoms with Gasteiger partial charge in [-0.2, -0.15) is 0 Å². The number of carbonyl (C=O) groups excluding carboxylic acids is 1. The molecule has 34 heavy (non-hydrogen) atoms. The van der Waals surface area contributed by atoms with Gasteiger partial charge in [-0.3, -0.25) is 4.79 Å². The van der Waals surface area contributed by atoms with Crippen molar-refractivity contribution in [2.75, 3.05) is 12.4 Å². The van der Waals surface area contributed by atoms with Crippen LogP contribution in [0.1, 0.15) is 44.9 Å². The second-order valence-electron chi connectivity index (χ2n) is 10.5. The third-order valence-corrected chi connectivity index (χ3v) is 8.12. The molecule has 1 aromatic heterocycles. The summed E-state index contributed by atoms with van der Waals surface area (Å²) >= 11 is 5.47. The van der Waals surface area contributed by atoms with Crippen LogP contribution in [0.25, 0.3) is 22.6 Å². The first-order valence-electron chi connectivity index (χ1n) is 12.1. The second kappa shape index (κ2) is 8.38. The van der Waals surface area contributed by atoms with Crippen molar-refractivity contribution in [3.63, 3.8) is 0 Å². The van der Waals surface area contributed by atoms with E-state index in [1.165, 1.54) is 38.5 Å². The largest absolute Gasteiger partial charge is 0.497 e. The van der Waals surface area contributed by atoms with Crippen LogP contribution in [0, 0.1) is 23.2 Å². The number of rotatable bonds is 5. The van der Waals surface area contributed by atoms with E-state index in [1.807, 2.05) is 42.5 Å². The van der Waals surface area contributed by atoms with Gasteiger partial charge in [0.05, 0.1) is 7.11 Å². The van der Waals surface area contributed by atoms with Crippen LogP contribution in [0.2, 0.25) is 0 Å². The lowest BCUT2D eigenvalue weighted by Crippen LogP contribution is -2.48. The van der Waals surface area contributed by atoms with Crippen LogP contribution in [0.4, 0.5) is 5.69 Å². The number of benzene rings is 2. The van der Waals surface area contributed by atoms with Crippen LogP contribution >= 0.6 is 12.2 Å². The molecule has 6 nitrogen and oxygen atoms in total. The molecule has 4 aliphatic rings. The molecule has 4 saturated carbocycles. The molecule has 1 heterocycles. The molecular formula is C27H29N3O3S. The van der Waals surface area contributed by atoms with E-state index in [9.17, 15) is 4.79 Å². The van der Waals surface area contributed by atoms with Gasteiger partial charge < -0.3 is 19.8 Å². The van der Waals surface area contributed by atoms with Crippen molar-refractivity contribution in [1.82, 2.24) is 10.3 Å². The minimum atomic E-state index is 0.0310. The average molecular weight is 476 g/mol.